The Balaban J connectivity index is 2.47. The molecule has 0 saturated carbocycles. The first kappa shape index (κ1) is 15.9. The van der Waals surface area contributed by atoms with Gasteiger partial charge in [-0.05, 0) is 52.7 Å². The highest BCUT2D eigenvalue weighted by molar-refractivity contribution is 9.10. The molecule has 1 N–H and O–H groups in total. The molecule has 0 spiro atoms. The van der Waals surface area contributed by atoms with Crippen molar-refractivity contribution in [2.24, 2.45) is 7.05 Å². The summed E-state index contributed by atoms with van der Waals surface area (Å²) in [7, 11) is 1.88. The zero-order chi connectivity index (χ0) is 14.7. The van der Waals surface area contributed by atoms with Crippen molar-refractivity contribution in [3.63, 3.8) is 0 Å². The first-order valence-electron chi connectivity index (χ1n) is 6.27. The van der Waals surface area contributed by atoms with Gasteiger partial charge in [-0.2, -0.15) is 0 Å². The number of nitrogens with zero attached hydrogens (tertiary/aromatic N) is 3. The van der Waals surface area contributed by atoms with Crippen molar-refractivity contribution in [2.75, 3.05) is 6.54 Å². The molecule has 1 aromatic carbocycles. The molecule has 7 heteroatoms. The van der Waals surface area contributed by atoms with Crippen LogP contribution in [0.5, 0.6) is 0 Å². The summed E-state index contributed by atoms with van der Waals surface area (Å²) in [5.41, 5.74) is 2.05. The molecule has 1 heterocycles. The van der Waals surface area contributed by atoms with Crippen LogP contribution in [-0.2, 0) is 7.05 Å². The van der Waals surface area contributed by atoms with Crippen molar-refractivity contribution >= 4 is 43.5 Å². The van der Waals surface area contributed by atoms with E-state index in [0.717, 1.165) is 33.3 Å². The second-order valence-corrected chi connectivity index (χ2v) is 6.58. The summed E-state index contributed by atoms with van der Waals surface area (Å²) in [5, 5.41) is 12.3. The van der Waals surface area contributed by atoms with E-state index in [0.29, 0.717) is 5.02 Å². The molecule has 1 unspecified atom stereocenters. The fourth-order valence-electron chi connectivity index (χ4n) is 2.05. The number of halogens is 3. The van der Waals surface area contributed by atoms with Gasteiger partial charge in [0.25, 0.3) is 0 Å². The number of benzene rings is 1. The molecule has 0 radical (unpaired) electrons. The quantitative estimate of drug-likeness (QED) is 0.790. The van der Waals surface area contributed by atoms with Gasteiger partial charge in [-0.1, -0.05) is 39.7 Å². The lowest BCUT2D eigenvalue weighted by Gasteiger charge is -2.20. The molecule has 4 nitrogen and oxygen atoms in total. The van der Waals surface area contributed by atoms with Gasteiger partial charge in [0.1, 0.15) is 0 Å². The van der Waals surface area contributed by atoms with Crippen LogP contribution < -0.4 is 5.32 Å². The minimum Gasteiger partial charge on any atom is -0.305 e. The van der Waals surface area contributed by atoms with Crippen LogP contribution in [0.1, 0.15) is 30.6 Å². The number of hydrogen-bond donors (Lipinski definition) is 1. The van der Waals surface area contributed by atoms with Gasteiger partial charge in [0, 0.05) is 16.5 Å². The summed E-state index contributed by atoms with van der Waals surface area (Å²) < 4.78 is 3.46. The van der Waals surface area contributed by atoms with Crippen LogP contribution >= 0.6 is 43.5 Å². The van der Waals surface area contributed by atoms with E-state index in [-0.39, 0.29) is 6.04 Å². The molecular weight excluding hydrogens is 407 g/mol. The number of rotatable bonds is 5. The predicted molar refractivity (Wildman–Crippen MR) is 88.0 cm³/mol. The van der Waals surface area contributed by atoms with Gasteiger partial charge < -0.3 is 5.32 Å². The third kappa shape index (κ3) is 3.61. The van der Waals surface area contributed by atoms with E-state index in [2.05, 4.69) is 60.5 Å². The minimum atomic E-state index is -0.0145. The molecule has 1 aromatic heterocycles. The maximum atomic E-state index is 6.16. The van der Waals surface area contributed by atoms with E-state index in [1.807, 2.05) is 19.2 Å². The van der Waals surface area contributed by atoms with Crippen molar-refractivity contribution < 1.29 is 0 Å². The van der Waals surface area contributed by atoms with Gasteiger partial charge in [-0.25, -0.2) is 4.68 Å². The molecule has 0 saturated heterocycles. The lowest BCUT2D eigenvalue weighted by molar-refractivity contribution is 0.549. The van der Waals surface area contributed by atoms with Crippen molar-refractivity contribution in [2.45, 2.75) is 19.4 Å². The van der Waals surface area contributed by atoms with Gasteiger partial charge in [0.2, 0.25) is 0 Å². The Hall–Kier alpha value is -0.430. The SMILES string of the molecule is CCCNC(c1cc(Cl)cc(Br)c1)c1c(Br)nnn1C. The largest absolute Gasteiger partial charge is 0.305 e. The Kier molecular flexibility index (Phi) is 5.60. The highest BCUT2D eigenvalue weighted by Crippen LogP contribution is 2.30. The van der Waals surface area contributed by atoms with Crippen LogP contribution in [-0.4, -0.2) is 21.5 Å². The van der Waals surface area contributed by atoms with Crippen LogP contribution in [0.25, 0.3) is 0 Å². The van der Waals surface area contributed by atoms with Gasteiger partial charge >= 0.3 is 0 Å². The number of aryl methyl sites for hydroxylation is 1. The number of hydrogen-bond acceptors (Lipinski definition) is 3. The lowest BCUT2D eigenvalue weighted by atomic mass is 10.0. The van der Waals surface area contributed by atoms with Crippen LogP contribution in [0.15, 0.2) is 27.3 Å². The molecule has 0 aliphatic heterocycles. The maximum absolute atomic E-state index is 6.16. The van der Waals surface area contributed by atoms with E-state index >= 15 is 0 Å². The van der Waals surface area contributed by atoms with Crippen LogP contribution in [0.4, 0.5) is 0 Å². The summed E-state index contributed by atoms with van der Waals surface area (Å²) in [6, 6.07) is 5.87. The molecule has 1 atom stereocenters. The Morgan fingerprint density at radius 3 is 2.65 bits per heavy atom. The Morgan fingerprint density at radius 2 is 2.10 bits per heavy atom. The highest BCUT2D eigenvalue weighted by Gasteiger charge is 2.22. The molecule has 108 valence electrons. The van der Waals surface area contributed by atoms with Crippen LogP contribution in [0.2, 0.25) is 5.02 Å². The first-order valence-corrected chi connectivity index (χ1v) is 8.23. The molecular formula is C13H15Br2ClN4. The number of aromatic nitrogens is 3. The van der Waals surface area contributed by atoms with Gasteiger partial charge in [-0.15, -0.1) is 5.10 Å². The van der Waals surface area contributed by atoms with E-state index in [1.54, 1.807) is 4.68 Å². The van der Waals surface area contributed by atoms with E-state index in [9.17, 15) is 0 Å². The third-order valence-corrected chi connectivity index (χ3v) is 4.16. The molecule has 0 aliphatic rings. The monoisotopic (exact) mass is 420 g/mol. The van der Waals surface area contributed by atoms with E-state index in [4.69, 9.17) is 11.6 Å². The summed E-state index contributed by atoms with van der Waals surface area (Å²) in [4.78, 5) is 0. The van der Waals surface area contributed by atoms with Crippen molar-refractivity contribution in [3.05, 3.63) is 43.6 Å². The van der Waals surface area contributed by atoms with Crippen molar-refractivity contribution in [3.8, 4) is 0 Å². The Labute approximate surface area is 140 Å². The van der Waals surface area contributed by atoms with Gasteiger partial charge in [-0.3, -0.25) is 0 Å². The second-order valence-electron chi connectivity index (χ2n) is 4.48. The van der Waals surface area contributed by atoms with Crippen molar-refractivity contribution in [1.29, 1.82) is 0 Å². The smallest absolute Gasteiger partial charge is 0.153 e. The normalized spacial score (nSPS) is 12.7. The zero-order valence-electron chi connectivity index (χ0n) is 11.2. The average molecular weight is 423 g/mol. The maximum Gasteiger partial charge on any atom is 0.153 e. The Morgan fingerprint density at radius 1 is 1.35 bits per heavy atom. The first-order chi connectivity index (χ1) is 9.52. The zero-order valence-corrected chi connectivity index (χ0v) is 15.1. The van der Waals surface area contributed by atoms with Crippen LogP contribution in [0, 0.1) is 0 Å². The summed E-state index contributed by atoms with van der Waals surface area (Å²) in [6.07, 6.45) is 1.04. The predicted octanol–water partition coefficient (Wildman–Crippen LogP) is 4.08. The molecule has 2 aromatic rings. The molecule has 2 rings (SSSR count). The lowest BCUT2D eigenvalue weighted by Crippen LogP contribution is -2.25. The molecule has 0 fully saturated rings. The second kappa shape index (κ2) is 7.02. The Bertz CT molecular complexity index is 560. The standard InChI is InChI=1S/C13H15Br2ClN4/c1-3-4-17-11(12-13(15)18-19-20(12)2)8-5-9(14)7-10(16)6-8/h5-7,11,17H,3-4H2,1-2H3. The van der Waals surface area contributed by atoms with E-state index < -0.39 is 0 Å². The summed E-state index contributed by atoms with van der Waals surface area (Å²) in [5.74, 6) is 0. The van der Waals surface area contributed by atoms with Gasteiger partial charge in [0.05, 0.1) is 11.7 Å². The fraction of sp³-hybridized carbons (Fsp3) is 0.385. The molecule has 20 heavy (non-hydrogen) atoms. The molecule has 0 amide bonds. The minimum absolute atomic E-state index is 0.0145. The van der Waals surface area contributed by atoms with Crippen molar-refractivity contribution in [1.82, 2.24) is 20.3 Å². The van der Waals surface area contributed by atoms with E-state index in [1.165, 1.54) is 0 Å². The average Bonchev–Trinajstić information content (AvgIpc) is 2.70. The summed E-state index contributed by atoms with van der Waals surface area (Å²) >= 11 is 13.1. The molecule has 0 aliphatic carbocycles. The summed E-state index contributed by atoms with van der Waals surface area (Å²) in [6.45, 7) is 3.03. The van der Waals surface area contributed by atoms with Gasteiger partial charge in [0.15, 0.2) is 4.60 Å². The topological polar surface area (TPSA) is 42.7 Å². The third-order valence-electron chi connectivity index (χ3n) is 2.92. The highest BCUT2D eigenvalue weighted by atomic mass is 79.9. The molecule has 0 bridgehead atoms. The number of nitrogens with one attached hydrogen (secondary N) is 1. The van der Waals surface area contributed by atoms with Crippen LogP contribution in [0.3, 0.4) is 0 Å². The fourth-order valence-corrected chi connectivity index (χ4v) is 3.49.